The van der Waals surface area contributed by atoms with Crippen molar-refractivity contribution in [2.75, 3.05) is 25.7 Å². The van der Waals surface area contributed by atoms with E-state index in [4.69, 9.17) is 26.8 Å². The number of rotatable bonds is 8. The number of sulfone groups is 1. The van der Waals surface area contributed by atoms with Gasteiger partial charge in [0.25, 0.3) is 0 Å². The van der Waals surface area contributed by atoms with Gasteiger partial charge in [-0.1, -0.05) is 18.5 Å². The molecule has 21 heavy (non-hydrogen) atoms. The lowest BCUT2D eigenvalue weighted by Gasteiger charge is -2.16. The number of hydrogen-bond acceptors (Lipinski definition) is 5. The third kappa shape index (κ3) is 5.05. The van der Waals surface area contributed by atoms with Gasteiger partial charge in [0.05, 0.1) is 25.0 Å². The van der Waals surface area contributed by atoms with Gasteiger partial charge in [-0.05, 0) is 30.5 Å². The van der Waals surface area contributed by atoms with Gasteiger partial charge in [-0.15, -0.1) is 0 Å². The Labute approximate surface area is 131 Å². The molecule has 0 fully saturated rings. The summed E-state index contributed by atoms with van der Waals surface area (Å²) in [6.45, 7) is 1.64. The first kappa shape index (κ1) is 18.1. The summed E-state index contributed by atoms with van der Waals surface area (Å²) >= 11 is 6.13. The molecule has 1 rings (SSSR count). The lowest BCUT2D eigenvalue weighted by atomic mass is 10.0. The van der Waals surface area contributed by atoms with Crippen molar-refractivity contribution in [2.24, 2.45) is 5.73 Å². The summed E-state index contributed by atoms with van der Waals surface area (Å²) in [5.41, 5.74) is 6.90. The summed E-state index contributed by atoms with van der Waals surface area (Å²) in [5.74, 6) is 1.28. The lowest BCUT2D eigenvalue weighted by molar-refractivity contribution is 0.354. The predicted octanol–water partition coefficient (Wildman–Crippen LogP) is 2.57. The van der Waals surface area contributed by atoms with Crippen LogP contribution in [0.4, 0.5) is 0 Å². The van der Waals surface area contributed by atoms with Crippen LogP contribution >= 0.6 is 11.6 Å². The SMILES string of the molecule is CCS(=O)(=O)CCCC(N)c1cc(Cl)c(OC)c(OC)c1. The molecule has 0 saturated carbocycles. The van der Waals surface area contributed by atoms with Crippen LogP contribution in [-0.2, 0) is 9.84 Å². The molecule has 2 N–H and O–H groups in total. The molecule has 1 aromatic rings. The number of nitrogens with two attached hydrogens (primary N) is 1. The molecule has 1 unspecified atom stereocenters. The minimum absolute atomic E-state index is 0.151. The minimum Gasteiger partial charge on any atom is -0.493 e. The molecular weight excluding hydrogens is 314 g/mol. The first-order valence-electron chi connectivity index (χ1n) is 6.72. The molecule has 0 aromatic heterocycles. The van der Waals surface area contributed by atoms with E-state index in [9.17, 15) is 8.42 Å². The number of benzene rings is 1. The molecule has 1 atom stereocenters. The van der Waals surface area contributed by atoms with Crippen LogP contribution in [0.3, 0.4) is 0 Å². The Bertz CT molecular complexity index is 575. The molecule has 0 aliphatic rings. The van der Waals surface area contributed by atoms with Crippen molar-refractivity contribution in [2.45, 2.75) is 25.8 Å². The van der Waals surface area contributed by atoms with Crippen molar-refractivity contribution >= 4 is 21.4 Å². The molecular formula is C14H22ClNO4S. The molecule has 0 bridgehead atoms. The second-order valence-electron chi connectivity index (χ2n) is 4.72. The second-order valence-corrected chi connectivity index (χ2v) is 7.60. The summed E-state index contributed by atoms with van der Waals surface area (Å²) in [5, 5.41) is 0.420. The highest BCUT2D eigenvalue weighted by Crippen LogP contribution is 2.37. The zero-order valence-electron chi connectivity index (χ0n) is 12.6. The van der Waals surface area contributed by atoms with Crippen molar-refractivity contribution in [3.63, 3.8) is 0 Å². The van der Waals surface area contributed by atoms with Crippen molar-refractivity contribution in [1.82, 2.24) is 0 Å². The Morgan fingerprint density at radius 1 is 1.29 bits per heavy atom. The predicted molar refractivity (Wildman–Crippen MR) is 85.0 cm³/mol. The Balaban J connectivity index is 2.79. The zero-order valence-corrected chi connectivity index (χ0v) is 14.1. The Morgan fingerprint density at radius 3 is 2.48 bits per heavy atom. The van der Waals surface area contributed by atoms with Gasteiger partial charge in [0.15, 0.2) is 11.5 Å². The van der Waals surface area contributed by atoms with Crippen LogP contribution in [0.15, 0.2) is 12.1 Å². The highest BCUT2D eigenvalue weighted by molar-refractivity contribution is 7.91. The van der Waals surface area contributed by atoms with Crippen LogP contribution < -0.4 is 15.2 Å². The molecule has 0 aliphatic heterocycles. The van der Waals surface area contributed by atoms with E-state index < -0.39 is 9.84 Å². The van der Waals surface area contributed by atoms with E-state index in [1.807, 2.05) is 0 Å². The molecule has 120 valence electrons. The minimum atomic E-state index is -2.96. The quantitative estimate of drug-likeness (QED) is 0.790. The van der Waals surface area contributed by atoms with Crippen LogP contribution in [0.5, 0.6) is 11.5 Å². The smallest absolute Gasteiger partial charge is 0.179 e. The summed E-state index contributed by atoms with van der Waals surface area (Å²) in [4.78, 5) is 0. The van der Waals surface area contributed by atoms with E-state index in [2.05, 4.69) is 0 Å². The van der Waals surface area contributed by atoms with Gasteiger partial charge >= 0.3 is 0 Å². The molecule has 5 nitrogen and oxygen atoms in total. The van der Waals surface area contributed by atoms with Crippen molar-refractivity contribution in [1.29, 1.82) is 0 Å². The molecule has 0 amide bonds. The number of halogens is 1. The van der Waals surface area contributed by atoms with E-state index in [0.29, 0.717) is 29.4 Å². The largest absolute Gasteiger partial charge is 0.493 e. The number of ether oxygens (including phenoxy) is 2. The van der Waals surface area contributed by atoms with Gasteiger partial charge < -0.3 is 15.2 Å². The Kier molecular flexibility index (Phi) is 6.77. The zero-order chi connectivity index (χ0) is 16.0. The third-order valence-electron chi connectivity index (χ3n) is 3.29. The van der Waals surface area contributed by atoms with Crippen LogP contribution in [0.2, 0.25) is 5.02 Å². The van der Waals surface area contributed by atoms with E-state index in [1.165, 1.54) is 14.2 Å². The molecule has 7 heteroatoms. The maximum Gasteiger partial charge on any atom is 0.179 e. The number of hydrogen-bond donors (Lipinski definition) is 1. The third-order valence-corrected chi connectivity index (χ3v) is 5.37. The Hall–Kier alpha value is -0.980. The summed E-state index contributed by atoms with van der Waals surface area (Å²) in [7, 11) is 0.0826. The van der Waals surface area contributed by atoms with Gasteiger partial charge in [-0.2, -0.15) is 0 Å². The number of methoxy groups -OCH3 is 2. The second kappa shape index (κ2) is 7.87. The summed E-state index contributed by atoms with van der Waals surface area (Å²) < 4.78 is 33.3. The van der Waals surface area contributed by atoms with Gasteiger partial charge in [-0.3, -0.25) is 0 Å². The van der Waals surface area contributed by atoms with Gasteiger partial charge in [0, 0.05) is 11.8 Å². The van der Waals surface area contributed by atoms with Crippen LogP contribution in [0.1, 0.15) is 31.4 Å². The molecule has 0 spiro atoms. The standard InChI is InChI=1S/C14H22ClNO4S/c1-4-21(17,18)7-5-6-12(16)10-8-11(15)14(20-3)13(9-10)19-2/h8-9,12H,4-7,16H2,1-3H3. The van der Waals surface area contributed by atoms with Crippen LogP contribution in [-0.4, -0.2) is 34.1 Å². The summed E-state index contributed by atoms with van der Waals surface area (Å²) in [6, 6.07) is 3.19. The van der Waals surface area contributed by atoms with E-state index in [1.54, 1.807) is 19.1 Å². The maximum atomic E-state index is 11.5. The molecule has 0 saturated heterocycles. The lowest BCUT2D eigenvalue weighted by Crippen LogP contribution is -2.14. The van der Waals surface area contributed by atoms with Crippen molar-refractivity contribution in [3.8, 4) is 11.5 Å². The van der Waals surface area contributed by atoms with Gasteiger partial charge in [0.1, 0.15) is 9.84 Å². The van der Waals surface area contributed by atoms with E-state index >= 15 is 0 Å². The Morgan fingerprint density at radius 2 is 1.95 bits per heavy atom. The molecule has 0 aliphatic carbocycles. The van der Waals surface area contributed by atoms with Crippen LogP contribution in [0, 0.1) is 0 Å². The first-order valence-corrected chi connectivity index (χ1v) is 8.92. The fraction of sp³-hybridized carbons (Fsp3) is 0.571. The average Bonchev–Trinajstić information content (AvgIpc) is 2.45. The topological polar surface area (TPSA) is 78.6 Å². The highest BCUT2D eigenvalue weighted by atomic mass is 35.5. The van der Waals surface area contributed by atoms with E-state index in [0.717, 1.165) is 5.56 Å². The van der Waals surface area contributed by atoms with Gasteiger partial charge in [-0.25, -0.2) is 8.42 Å². The first-order chi connectivity index (χ1) is 9.84. The monoisotopic (exact) mass is 335 g/mol. The van der Waals surface area contributed by atoms with Crippen molar-refractivity contribution in [3.05, 3.63) is 22.7 Å². The van der Waals surface area contributed by atoms with Gasteiger partial charge in [0.2, 0.25) is 0 Å². The fourth-order valence-electron chi connectivity index (χ4n) is 1.99. The normalized spacial score (nSPS) is 13.0. The maximum absolute atomic E-state index is 11.5. The van der Waals surface area contributed by atoms with E-state index in [-0.39, 0.29) is 17.5 Å². The molecule has 1 aromatic carbocycles. The molecule has 0 heterocycles. The average molecular weight is 336 g/mol. The summed E-state index contributed by atoms with van der Waals surface area (Å²) in [6.07, 6.45) is 1.08. The molecule has 0 radical (unpaired) electrons. The fourth-order valence-corrected chi connectivity index (χ4v) is 3.18. The van der Waals surface area contributed by atoms with Crippen LogP contribution in [0.25, 0.3) is 0 Å². The van der Waals surface area contributed by atoms with Crippen molar-refractivity contribution < 1.29 is 17.9 Å². The highest BCUT2D eigenvalue weighted by Gasteiger charge is 2.16.